The molecule has 0 fully saturated rings. The average molecular weight is 575 g/mol. The van der Waals surface area contributed by atoms with E-state index in [-0.39, 0.29) is 0 Å². The molecule has 10 heteroatoms. The van der Waals surface area contributed by atoms with Crippen LogP contribution in [0, 0.1) is 0 Å². The smallest absolute Gasteiger partial charge is 0.213 e. The van der Waals surface area contributed by atoms with Gasteiger partial charge in [0.15, 0.2) is 17.3 Å². The molecule has 0 aliphatic heterocycles. The maximum Gasteiger partial charge on any atom is 0.213 e. The average Bonchev–Trinajstić information content (AvgIpc) is 3.35. The summed E-state index contributed by atoms with van der Waals surface area (Å²) in [5.74, 6) is 3.53. The zero-order valence-electron chi connectivity index (χ0n) is 21.3. The van der Waals surface area contributed by atoms with E-state index in [1.165, 1.54) is 0 Å². The van der Waals surface area contributed by atoms with E-state index in [0.29, 0.717) is 47.3 Å². The molecule has 5 aromatic rings. The van der Waals surface area contributed by atoms with E-state index in [0.717, 1.165) is 28.3 Å². The molecule has 194 valence electrons. The molecule has 0 saturated heterocycles. The molecule has 9 nitrogen and oxygen atoms in total. The van der Waals surface area contributed by atoms with Crippen LogP contribution in [0.2, 0.25) is 0 Å². The van der Waals surface area contributed by atoms with E-state index in [1.54, 1.807) is 25.8 Å². The second-order valence-electron chi connectivity index (χ2n) is 8.58. The van der Waals surface area contributed by atoms with Crippen LogP contribution >= 0.6 is 15.9 Å². The SMILES string of the molecule is COc1ccc(CN(Cc2ccc(OC)cc2)c2nc(Br)cn3nc(Cc4cccc(OC)n4)nc23)cc1. The molecule has 0 atom stereocenters. The van der Waals surface area contributed by atoms with Crippen molar-refractivity contribution in [2.24, 2.45) is 0 Å². The second-order valence-corrected chi connectivity index (χ2v) is 9.40. The predicted octanol–water partition coefficient (Wildman–Crippen LogP) is 5.11. The molecule has 0 radical (unpaired) electrons. The monoisotopic (exact) mass is 574 g/mol. The van der Waals surface area contributed by atoms with Gasteiger partial charge >= 0.3 is 0 Å². The molecular weight excluding hydrogens is 548 g/mol. The number of aromatic nitrogens is 5. The number of ether oxygens (including phenoxy) is 3. The summed E-state index contributed by atoms with van der Waals surface area (Å²) in [4.78, 5) is 16.4. The molecule has 0 aliphatic rings. The Hall–Kier alpha value is -4.18. The summed E-state index contributed by atoms with van der Waals surface area (Å²) in [6.45, 7) is 1.21. The molecule has 0 N–H and O–H groups in total. The normalized spacial score (nSPS) is 10.9. The van der Waals surface area contributed by atoms with E-state index >= 15 is 0 Å². The van der Waals surface area contributed by atoms with Crippen LogP contribution in [0.4, 0.5) is 5.82 Å². The van der Waals surface area contributed by atoms with Gasteiger partial charge in [-0.05, 0) is 57.4 Å². The van der Waals surface area contributed by atoms with Crippen LogP contribution in [0.25, 0.3) is 5.65 Å². The summed E-state index contributed by atoms with van der Waals surface area (Å²) in [5.41, 5.74) is 3.70. The number of pyridine rings is 1. The fraction of sp³-hybridized carbons (Fsp3) is 0.214. The lowest BCUT2D eigenvalue weighted by Gasteiger charge is -2.24. The third kappa shape index (κ3) is 5.86. The molecule has 2 aromatic carbocycles. The number of rotatable bonds is 10. The van der Waals surface area contributed by atoms with Crippen molar-refractivity contribution >= 4 is 27.4 Å². The van der Waals surface area contributed by atoms with Gasteiger partial charge in [0.05, 0.1) is 39.6 Å². The summed E-state index contributed by atoms with van der Waals surface area (Å²) >= 11 is 3.57. The second kappa shape index (κ2) is 11.5. The third-order valence-corrected chi connectivity index (χ3v) is 6.39. The van der Waals surface area contributed by atoms with Gasteiger partial charge in [0, 0.05) is 19.2 Å². The Morgan fingerprint density at radius 3 is 1.97 bits per heavy atom. The third-order valence-electron chi connectivity index (χ3n) is 6.01. The number of benzene rings is 2. The van der Waals surface area contributed by atoms with Gasteiger partial charge < -0.3 is 19.1 Å². The lowest BCUT2D eigenvalue weighted by atomic mass is 10.1. The molecular formula is C28H27BrN6O3. The summed E-state index contributed by atoms with van der Waals surface area (Å²) in [6, 6.07) is 21.7. The van der Waals surface area contributed by atoms with Crippen molar-refractivity contribution in [1.29, 1.82) is 0 Å². The fourth-order valence-electron chi connectivity index (χ4n) is 4.12. The van der Waals surface area contributed by atoms with Crippen molar-refractivity contribution in [3.05, 3.63) is 100 Å². The van der Waals surface area contributed by atoms with Crippen LogP contribution in [0.15, 0.2) is 77.5 Å². The first-order valence-electron chi connectivity index (χ1n) is 12.0. The number of hydrogen-bond acceptors (Lipinski definition) is 8. The van der Waals surface area contributed by atoms with Crippen molar-refractivity contribution in [3.8, 4) is 17.4 Å². The topological polar surface area (TPSA) is 86.9 Å². The maximum absolute atomic E-state index is 5.34. The van der Waals surface area contributed by atoms with Crippen LogP contribution < -0.4 is 19.1 Å². The summed E-state index contributed by atoms with van der Waals surface area (Å²) in [5, 5.41) is 4.72. The van der Waals surface area contributed by atoms with Gasteiger partial charge in [-0.1, -0.05) is 30.3 Å². The molecule has 0 unspecified atom stereocenters. The highest BCUT2D eigenvalue weighted by atomic mass is 79.9. The van der Waals surface area contributed by atoms with E-state index in [9.17, 15) is 0 Å². The standard InChI is InChI=1S/C28H27BrN6O3/c1-36-22-11-7-19(8-12-22)16-34(17-20-9-13-23(37-2)14-10-20)27-28-32-25(33-35(28)18-24(29)31-27)15-21-5-4-6-26(30-21)38-3/h4-14,18H,15-17H2,1-3H3. The largest absolute Gasteiger partial charge is 0.497 e. The van der Waals surface area contributed by atoms with Crippen LogP contribution in [-0.2, 0) is 19.5 Å². The molecule has 0 spiro atoms. The van der Waals surface area contributed by atoms with E-state index in [2.05, 4.69) is 50.1 Å². The van der Waals surface area contributed by atoms with E-state index in [4.69, 9.17) is 29.3 Å². The Kier molecular flexibility index (Phi) is 7.69. The summed E-state index contributed by atoms with van der Waals surface area (Å²) < 4.78 is 18.4. The van der Waals surface area contributed by atoms with Crippen molar-refractivity contribution in [2.45, 2.75) is 19.5 Å². The number of nitrogens with zero attached hydrogens (tertiary/aromatic N) is 6. The molecule has 0 aliphatic carbocycles. The minimum absolute atomic E-state index is 0.465. The van der Waals surface area contributed by atoms with E-state index < -0.39 is 0 Å². The molecule has 5 rings (SSSR count). The molecule has 3 heterocycles. The van der Waals surface area contributed by atoms with Gasteiger partial charge in [-0.15, -0.1) is 0 Å². The van der Waals surface area contributed by atoms with E-state index in [1.807, 2.05) is 48.7 Å². The van der Waals surface area contributed by atoms with Gasteiger partial charge in [0.1, 0.15) is 16.1 Å². The first kappa shape index (κ1) is 25.5. The van der Waals surface area contributed by atoms with Gasteiger partial charge in [-0.25, -0.2) is 19.5 Å². The van der Waals surface area contributed by atoms with Crippen LogP contribution in [0.3, 0.4) is 0 Å². The van der Waals surface area contributed by atoms with Crippen LogP contribution in [0.5, 0.6) is 17.4 Å². The molecule has 0 saturated carbocycles. The highest BCUT2D eigenvalue weighted by molar-refractivity contribution is 9.10. The lowest BCUT2D eigenvalue weighted by molar-refractivity contribution is 0.396. The molecule has 3 aromatic heterocycles. The maximum atomic E-state index is 5.34. The number of halogens is 1. The van der Waals surface area contributed by atoms with Crippen molar-refractivity contribution in [1.82, 2.24) is 24.6 Å². The van der Waals surface area contributed by atoms with Gasteiger partial charge in [0.2, 0.25) is 5.88 Å². The van der Waals surface area contributed by atoms with Crippen LogP contribution in [0.1, 0.15) is 22.6 Å². The fourth-order valence-corrected chi connectivity index (χ4v) is 4.48. The summed E-state index contributed by atoms with van der Waals surface area (Å²) in [6.07, 6.45) is 2.28. The van der Waals surface area contributed by atoms with Crippen LogP contribution in [-0.4, -0.2) is 45.9 Å². The summed E-state index contributed by atoms with van der Waals surface area (Å²) in [7, 11) is 4.93. The van der Waals surface area contributed by atoms with Gasteiger partial charge in [0.25, 0.3) is 0 Å². The van der Waals surface area contributed by atoms with Crippen molar-refractivity contribution in [3.63, 3.8) is 0 Å². The lowest BCUT2D eigenvalue weighted by Crippen LogP contribution is -2.24. The number of fused-ring (bicyclic) bond motifs is 1. The Balaban J connectivity index is 1.52. The molecule has 38 heavy (non-hydrogen) atoms. The Bertz CT molecular complexity index is 1470. The highest BCUT2D eigenvalue weighted by Crippen LogP contribution is 2.26. The van der Waals surface area contributed by atoms with Crippen molar-refractivity contribution in [2.75, 3.05) is 26.2 Å². The van der Waals surface area contributed by atoms with Gasteiger partial charge in [-0.2, -0.15) is 5.10 Å². The zero-order chi connectivity index (χ0) is 26.5. The predicted molar refractivity (Wildman–Crippen MR) is 148 cm³/mol. The quantitative estimate of drug-likeness (QED) is 0.227. The first-order valence-corrected chi connectivity index (χ1v) is 12.8. The molecule has 0 bridgehead atoms. The van der Waals surface area contributed by atoms with Gasteiger partial charge in [-0.3, -0.25) is 0 Å². The minimum atomic E-state index is 0.465. The zero-order valence-corrected chi connectivity index (χ0v) is 22.9. The number of anilines is 1. The Morgan fingerprint density at radius 2 is 1.39 bits per heavy atom. The first-order chi connectivity index (χ1) is 18.5. The van der Waals surface area contributed by atoms with Crippen molar-refractivity contribution < 1.29 is 14.2 Å². The Morgan fingerprint density at radius 1 is 0.763 bits per heavy atom. The number of methoxy groups -OCH3 is 3. The molecule has 0 amide bonds. The highest BCUT2D eigenvalue weighted by Gasteiger charge is 2.19. The minimum Gasteiger partial charge on any atom is -0.497 e. The number of hydrogen-bond donors (Lipinski definition) is 0. The Labute approximate surface area is 229 Å².